The molecule has 0 saturated carbocycles. The molecular weight excluding hydrogens is 442 g/mol. The van der Waals surface area contributed by atoms with Crippen LogP contribution in [0.4, 0.5) is 0 Å². The summed E-state index contributed by atoms with van der Waals surface area (Å²) < 4.78 is 0. The van der Waals surface area contributed by atoms with Crippen LogP contribution in [-0.2, 0) is 6.42 Å². The normalized spacial score (nSPS) is 11.2. The van der Waals surface area contributed by atoms with Crippen molar-refractivity contribution in [3.05, 3.63) is 71.4 Å². The van der Waals surface area contributed by atoms with E-state index < -0.39 is 0 Å². The van der Waals surface area contributed by atoms with Crippen LogP contribution in [0.3, 0.4) is 0 Å². The molecule has 3 rings (SSSR count). The molecule has 0 aliphatic carbocycles. The minimum atomic E-state index is 0.0727. The molecule has 3 aromatic rings. The number of aromatic amines is 1. The van der Waals surface area contributed by atoms with Gasteiger partial charge >= 0.3 is 0 Å². The van der Waals surface area contributed by atoms with Crippen molar-refractivity contribution in [3.8, 4) is 0 Å². The number of carbonyl (C=O) groups is 1. The zero-order chi connectivity index (χ0) is 27.3. The number of hydrogen-bond donors (Lipinski definition) is 1. The monoisotopic (exact) mass is 491 g/mol. The highest BCUT2D eigenvalue weighted by Crippen LogP contribution is 2.23. The molecule has 0 fully saturated rings. The highest BCUT2D eigenvalue weighted by atomic mass is 16.1. The minimum Gasteiger partial charge on any atom is -0.295 e. The van der Waals surface area contributed by atoms with Gasteiger partial charge in [0.15, 0.2) is 5.78 Å². The number of rotatable bonds is 9. The lowest BCUT2D eigenvalue weighted by molar-refractivity contribution is 0.101. The summed E-state index contributed by atoms with van der Waals surface area (Å²) in [7, 11) is 0. The summed E-state index contributed by atoms with van der Waals surface area (Å²) in [6.45, 7) is 20.3. The Hall–Kier alpha value is -3.01. The van der Waals surface area contributed by atoms with E-state index in [1.807, 2.05) is 68.5 Å². The number of aliphatic imine (C=N–C) groups is 1. The number of carbonyl (C=O) groups excluding carboxylic acids is 1. The van der Waals surface area contributed by atoms with Crippen molar-refractivity contribution in [1.29, 1.82) is 0 Å². The van der Waals surface area contributed by atoms with Crippen LogP contribution in [-0.4, -0.2) is 22.7 Å². The molecule has 1 atom stereocenters. The Labute approximate surface area is 220 Å². The van der Waals surface area contributed by atoms with E-state index in [9.17, 15) is 4.79 Å². The van der Waals surface area contributed by atoms with Crippen molar-refractivity contribution in [2.45, 2.75) is 93.9 Å². The summed E-state index contributed by atoms with van der Waals surface area (Å²) in [6.07, 6.45) is 9.48. The van der Waals surface area contributed by atoms with Gasteiger partial charge in [0.1, 0.15) is 5.69 Å². The van der Waals surface area contributed by atoms with Gasteiger partial charge in [0.05, 0.1) is 11.2 Å². The predicted molar refractivity (Wildman–Crippen MR) is 160 cm³/mol. The van der Waals surface area contributed by atoms with Gasteiger partial charge in [-0.25, -0.2) is 0 Å². The summed E-state index contributed by atoms with van der Waals surface area (Å²) in [5.74, 6) is 1.03. The Morgan fingerprint density at radius 3 is 2.19 bits per heavy atom. The van der Waals surface area contributed by atoms with E-state index in [0.717, 1.165) is 39.3 Å². The summed E-state index contributed by atoms with van der Waals surface area (Å²) in [5.41, 5.74) is 4.35. The molecule has 4 heteroatoms. The van der Waals surface area contributed by atoms with Crippen molar-refractivity contribution in [2.24, 2.45) is 10.9 Å². The predicted octanol–water partition coefficient (Wildman–Crippen LogP) is 9.71. The molecule has 4 nitrogen and oxygen atoms in total. The number of nitrogens with one attached hydrogen (secondary N) is 1. The number of Topliss-reactive ketones (excluding diaryl/α,β-unsaturated/α-hetero) is 1. The molecule has 1 heterocycles. The topological polar surface area (TPSA) is 58.1 Å². The Kier molecular flexibility index (Phi) is 18.5. The van der Waals surface area contributed by atoms with Crippen molar-refractivity contribution >= 4 is 29.1 Å². The molecule has 36 heavy (non-hydrogen) atoms. The van der Waals surface area contributed by atoms with Crippen molar-refractivity contribution in [3.63, 3.8) is 0 Å². The number of ketones is 1. The first-order valence-electron chi connectivity index (χ1n) is 13.6. The van der Waals surface area contributed by atoms with Crippen LogP contribution in [0, 0.1) is 5.92 Å². The lowest BCUT2D eigenvalue weighted by Crippen LogP contribution is -1.92. The molecule has 0 aliphatic heterocycles. The van der Waals surface area contributed by atoms with E-state index in [-0.39, 0.29) is 5.78 Å². The number of para-hydroxylation sites is 1. The Morgan fingerprint density at radius 1 is 1.06 bits per heavy atom. The molecule has 1 N–H and O–H groups in total. The van der Waals surface area contributed by atoms with Crippen LogP contribution in [0.5, 0.6) is 0 Å². The number of unbranched alkanes of at least 4 members (excludes halogenated alkanes) is 1. The van der Waals surface area contributed by atoms with Gasteiger partial charge in [-0.1, -0.05) is 129 Å². The van der Waals surface area contributed by atoms with E-state index in [0.29, 0.717) is 6.42 Å². The van der Waals surface area contributed by atoms with Crippen LogP contribution in [0.15, 0.2) is 59.6 Å². The fraction of sp³-hybridized carbons (Fsp3) is 0.469. The lowest BCUT2D eigenvalue weighted by Gasteiger charge is -2.04. The first kappa shape index (κ1) is 33.0. The molecule has 0 radical (unpaired) electrons. The minimum absolute atomic E-state index is 0.0727. The molecule has 0 spiro atoms. The molecule has 0 aliphatic rings. The Balaban J connectivity index is 0.000000792. The zero-order valence-electron chi connectivity index (χ0n) is 24.0. The number of allylic oxidation sites excluding steroid dienone is 1. The molecular formula is C32H49N3O. The number of aromatic nitrogens is 2. The molecule has 198 valence electrons. The van der Waals surface area contributed by atoms with Crippen molar-refractivity contribution < 1.29 is 4.79 Å². The third kappa shape index (κ3) is 12.1. The van der Waals surface area contributed by atoms with Gasteiger partial charge in [0, 0.05) is 10.9 Å². The largest absolute Gasteiger partial charge is 0.295 e. The van der Waals surface area contributed by atoms with E-state index in [2.05, 4.69) is 56.5 Å². The molecule has 0 amide bonds. The maximum Gasteiger partial charge on any atom is 0.159 e. The Bertz CT molecular complexity index is 1020. The standard InChI is InChI=1S/C19H17N3O.C8H18.C3H8.C2H6/c1-13(23)15-10-7-14(8-11-15)9-12-18(20-2)19-16-5-3-4-6-17(16)21-22-19;1-4-6-7-8(3)5-2;1-3-2;1-2/h3-8,10-12H,2,9H2,1H3,(H,21,22);8H,4-7H2,1-3H3;3H2,1-2H3;1-2H3/b18-12-;;;. The average molecular weight is 492 g/mol. The van der Waals surface area contributed by atoms with Crippen molar-refractivity contribution in [1.82, 2.24) is 10.2 Å². The number of hydrogen-bond acceptors (Lipinski definition) is 3. The van der Waals surface area contributed by atoms with Crippen molar-refractivity contribution in [2.75, 3.05) is 0 Å². The Morgan fingerprint density at radius 2 is 1.67 bits per heavy atom. The molecule has 2 aromatic carbocycles. The van der Waals surface area contributed by atoms with Gasteiger partial charge in [-0.15, -0.1) is 0 Å². The fourth-order valence-corrected chi connectivity index (χ4v) is 3.24. The third-order valence-electron chi connectivity index (χ3n) is 5.52. The van der Waals surface area contributed by atoms with E-state index in [4.69, 9.17) is 0 Å². The molecule has 0 bridgehead atoms. The van der Waals surface area contributed by atoms with E-state index >= 15 is 0 Å². The van der Waals surface area contributed by atoms with Gasteiger partial charge in [-0.3, -0.25) is 14.9 Å². The quantitative estimate of drug-likeness (QED) is 0.239. The molecule has 1 aromatic heterocycles. The highest BCUT2D eigenvalue weighted by Gasteiger charge is 2.09. The third-order valence-corrected chi connectivity index (χ3v) is 5.52. The lowest BCUT2D eigenvalue weighted by atomic mass is 10.0. The fourth-order valence-electron chi connectivity index (χ4n) is 3.24. The van der Waals surface area contributed by atoms with E-state index in [1.54, 1.807) is 6.92 Å². The van der Waals surface area contributed by atoms with Crippen LogP contribution >= 0.6 is 0 Å². The van der Waals surface area contributed by atoms with Gasteiger partial charge in [-0.05, 0) is 37.6 Å². The van der Waals surface area contributed by atoms with Gasteiger partial charge in [0.25, 0.3) is 0 Å². The smallest absolute Gasteiger partial charge is 0.159 e. The van der Waals surface area contributed by atoms with Crippen LogP contribution in [0.1, 0.15) is 109 Å². The number of fused-ring (bicyclic) bond motifs is 1. The average Bonchev–Trinajstić information content (AvgIpc) is 3.34. The summed E-state index contributed by atoms with van der Waals surface area (Å²) in [6, 6.07) is 15.5. The van der Waals surface area contributed by atoms with E-state index in [1.165, 1.54) is 32.1 Å². The first-order valence-corrected chi connectivity index (χ1v) is 13.6. The maximum atomic E-state index is 11.3. The van der Waals surface area contributed by atoms with Gasteiger partial charge < -0.3 is 0 Å². The number of nitrogens with zero attached hydrogens (tertiary/aromatic N) is 2. The summed E-state index contributed by atoms with van der Waals surface area (Å²) in [5, 5.41) is 8.38. The maximum absolute atomic E-state index is 11.3. The SMILES string of the molecule is C=N/C(=C\Cc1ccc(C(C)=O)cc1)c1n[nH]c2ccccc12.CC.CCC.CCCCC(C)CC. The van der Waals surface area contributed by atoms with Crippen LogP contribution in [0.25, 0.3) is 16.6 Å². The second-order valence-corrected chi connectivity index (χ2v) is 8.69. The van der Waals surface area contributed by atoms with Gasteiger partial charge in [0.2, 0.25) is 0 Å². The zero-order valence-corrected chi connectivity index (χ0v) is 24.0. The van der Waals surface area contributed by atoms with Crippen LogP contribution < -0.4 is 0 Å². The van der Waals surface area contributed by atoms with Gasteiger partial charge in [-0.2, -0.15) is 5.10 Å². The first-order chi connectivity index (χ1) is 17.4. The van der Waals surface area contributed by atoms with Crippen LogP contribution in [0.2, 0.25) is 0 Å². The highest BCUT2D eigenvalue weighted by molar-refractivity contribution is 5.94. The summed E-state index contributed by atoms with van der Waals surface area (Å²) >= 11 is 0. The second-order valence-electron chi connectivity index (χ2n) is 8.69. The second kappa shape index (κ2) is 20.2. The summed E-state index contributed by atoms with van der Waals surface area (Å²) in [4.78, 5) is 15.4. The number of H-pyrrole nitrogens is 1. The molecule has 1 unspecified atom stereocenters. The molecule has 0 saturated heterocycles. The number of benzene rings is 2.